The molecule has 1 N–H and O–H groups in total. The van der Waals surface area contributed by atoms with Gasteiger partial charge in [0, 0.05) is 21.7 Å². The molecule has 0 unspecified atom stereocenters. The quantitative estimate of drug-likeness (QED) is 0.230. The molecule has 0 bridgehead atoms. The van der Waals surface area contributed by atoms with Crippen molar-refractivity contribution in [3.8, 4) is 22.8 Å². The zero-order valence-corrected chi connectivity index (χ0v) is 20.5. The standard InChI is InChI=1S/C27H18Cl2FN3OS/c28-20-11-7-17(8-12-20)25(18-9-13-21(29)14-10-18)35-27-32-31-26(19-3-1-4-22(30)15-19)33(27)23-5-2-6-24(34)16-23/h1-16,25,34H. The number of aromatic nitrogens is 3. The number of phenolic OH excluding ortho intramolecular Hbond substituents is 1. The van der Waals surface area contributed by atoms with E-state index in [1.807, 2.05) is 59.2 Å². The molecule has 0 atom stereocenters. The second-order valence-electron chi connectivity index (χ2n) is 7.77. The molecule has 0 radical (unpaired) electrons. The van der Waals surface area contributed by atoms with Crippen molar-refractivity contribution in [2.45, 2.75) is 10.4 Å². The summed E-state index contributed by atoms with van der Waals surface area (Å²) in [6.45, 7) is 0. The lowest BCUT2D eigenvalue weighted by molar-refractivity contribution is 0.475. The largest absolute Gasteiger partial charge is 0.508 e. The zero-order chi connectivity index (χ0) is 24.4. The van der Waals surface area contributed by atoms with Gasteiger partial charge in [0.05, 0.1) is 10.9 Å². The Morgan fingerprint density at radius 1 is 0.771 bits per heavy atom. The minimum atomic E-state index is -0.373. The smallest absolute Gasteiger partial charge is 0.197 e. The lowest BCUT2D eigenvalue weighted by Crippen LogP contribution is -2.03. The number of halogens is 3. The maximum Gasteiger partial charge on any atom is 0.197 e. The van der Waals surface area contributed by atoms with Gasteiger partial charge in [-0.15, -0.1) is 10.2 Å². The van der Waals surface area contributed by atoms with E-state index in [0.29, 0.717) is 32.3 Å². The van der Waals surface area contributed by atoms with Crippen LogP contribution < -0.4 is 0 Å². The van der Waals surface area contributed by atoms with Crippen LogP contribution >= 0.6 is 35.0 Å². The molecule has 5 aromatic rings. The van der Waals surface area contributed by atoms with E-state index < -0.39 is 0 Å². The molecule has 0 spiro atoms. The number of hydrogen-bond acceptors (Lipinski definition) is 4. The highest BCUT2D eigenvalue weighted by atomic mass is 35.5. The van der Waals surface area contributed by atoms with Crippen molar-refractivity contribution >= 4 is 35.0 Å². The maximum atomic E-state index is 14.1. The number of aromatic hydroxyl groups is 1. The van der Waals surface area contributed by atoms with Gasteiger partial charge in [-0.3, -0.25) is 4.57 Å². The highest BCUT2D eigenvalue weighted by molar-refractivity contribution is 7.99. The Hall–Kier alpha value is -3.32. The van der Waals surface area contributed by atoms with Gasteiger partial charge in [0.25, 0.3) is 0 Å². The Bertz CT molecular complexity index is 1430. The molecule has 5 rings (SSSR count). The van der Waals surface area contributed by atoms with E-state index in [2.05, 4.69) is 10.2 Å². The third-order valence-electron chi connectivity index (χ3n) is 5.37. The normalized spacial score (nSPS) is 11.2. The molecule has 0 saturated heterocycles. The Balaban J connectivity index is 1.65. The number of phenols is 1. The van der Waals surface area contributed by atoms with E-state index in [9.17, 15) is 9.50 Å². The summed E-state index contributed by atoms with van der Waals surface area (Å²) in [7, 11) is 0. The van der Waals surface area contributed by atoms with Crippen molar-refractivity contribution < 1.29 is 9.50 Å². The molecule has 0 fully saturated rings. The topological polar surface area (TPSA) is 50.9 Å². The van der Waals surface area contributed by atoms with Crippen LogP contribution in [0.4, 0.5) is 4.39 Å². The summed E-state index contributed by atoms with van der Waals surface area (Å²) in [5.74, 6) is 0.190. The number of thioether (sulfide) groups is 1. The van der Waals surface area contributed by atoms with Gasteiger partial charge in [0.2, 0.25) is 0 Å². The van der Waals surface area contributed by atoms with Gasteiger partial charge < -0.3 is 5.11 Å². The van der Waals surface area contributed by atoms with Gasteiger partial charge in [-0.2, -0.15) is 0 Å². The van der Waals surface area contributed by atoms with Gasteiger partial charge in [-0.25, -0.2) is 4.39 Å². The van der Waals surface area contributed by atoms with Crippen molar-refractivity contribution in [2.75, 3.05) is 0 Å². The number of benzene rings is 4. The van der Waals surface area contributed by atoms with Crippen molar-refractivity contribution in [1.29, 1.82) is 0 Å². The molecule has 1 heterocycles. The molecule has 0 amide bonds. The molecule has 35 heavy (non-hydrogen) atoms. The lowest BCUT2D eigenvalue weighted by atomic mass is 10.0. The Kier molecular flexibility index (Phi) is 6.77. The second-order valence-corrected chi connectivity index (χ2v) is 9.72. The average molecular weight is 522 g/mol. The molecule has 4 aromatic carbocycles. The van der Waals surface area contributed by atoms with Gasteiger partial charge >= 0.3 is 0 Å². The lowest BCUT2D eigenvalue weighted by Gasteiger charge is -2.19. The predicted molar refractivity (Wildman–Crippen MR) is 139 cm³/mol. The fourth-order valence-electron chi connectivity index (χ4n) is 3.73. The minimum absolute atomic E-state index is 0.101. The van der Waals surface area contributed by atoms with E-state index in [0.717, 1.165) is 11.1 Å². The summed E-state index contributed by atoms with van der Waals surface area (Å²) in [6.07, 6.45) is 0. The molecule has 4 nitrogen and oxygen atoms in total. The van der Waals surface area contributed by atoms with Crippen molar-refractivity contribution in [1.82, 2.24) is 14.8 Å². The molecule has 1 aromatic heterocycles. The number of hydrogen-bond donors (Lipinski definition) is 1. The Labute approximate surface area is 216 Å². The second kappa shape index (κ2) is 10.1. The first kappa shape index (κ1) is 23.4. The summed E-state index contributed by atoms with van der Waals surface area (Å²) >= 11 is 13.8. The first-order chi connectivity index (χ1) is 17.0. The Morgan fingerprint density at radius 3 is 2.00 bits per heavy atom. The number of rotatable bonds is 6. The summed E-state index contributed by atoms with van der Waals surface area (Å²) in [5, 5.41) is 20.7. The first-order valence-electron chi connectivity index (χ1n) is 10.7. The zero-order valence-electron chi connectivity index (χ0n) is 18.1. The molecule has 0 saturated carbocycles. The average Bonchev–Trinajstić information content (AvgIpc) is 3.28. The highest BCUT2D eigenvalue weighted by Crippen LogP contribution is 2.42. The van der Waals surface area contributed by atoms with Gasteiger partial charge in [0.15, 0.2) is 11.0 Å². The molecule has 8 heteroatoms. The SMILES string of the molecule is Oc1cccc(-n2c(SC(c3ccc(Cl)cc3)c3ccc(Cl)cc3)nnc2-c2cccc(F)c2)c1. The van der Waals surface area contributed by atoms with Crippen LogP contribution in [0.1, 0.15) is 16.4 Å². The molecule has 0 aliphatic rings. The van der Waals surface area contributed by atoms with Crippen LogP contribution in [0.25, 0.3) is 17.1 Å². The van der Waals surface area contributed by atoms with E-state index in [1.165, 1.54) is 23.9 Å². The molecule has 174 valence electrons. The maximum absolute atomic E-state index is 14.1. The van der Waals surface area contributed by atoms with Crippen LogP contribution in [0.15, 0.2) is 102 Å². The summed E-state index contributed by atoms with van der Waals surface area (Å²) < 4.78 is 15.9. The van der Waals surface area contributed by atoms with Gasteiger partial charge in [-0.1, -0.05) is 77.4 Å². The van der Waals surface area contributed by atoms with Crippen LogP contribution in [0.3, 0.4) is 0 Å². The van der Waals surface area contributed by atoms with Crippen molar-refractivity contribution in [3.63, 3.8) is 0 Å². The van der Waals surface area contributed by atoms with E-state index in [-0.39, 0.29) is 16.8 Å². The van der Waals surface area contributed by atoms with Crippen LogP contribution in [-0.4, -0.2) is 19.9 Å². The van der Waals surface area contributed by atoms with Crippen LogP contribution in [0, 0.1) is 5.82 Å². The monoisotopic (exact) mass is 521 g/mol. The molecule has 0 aliphatic carbocycles. The third kappa shape index (κ3) is 5.20. The van der Waals surface area contributed by atoms with E-state index >= 15 is 0 Å². The van der Waals surface area contributed by atoms with Crippen molar-refractivity contribution in [3.05, 3.63) is 124 Å². The summed E-state index contributed by atoms with van der Waals surface area (Å²) in [5.41, 5.74) is 3.25. The fraction of sp³-hybridized carbons (Fsp3) is 0.0370. The van der Waals surface area contributed by atoms with Crippen LogP contribution in [-0.2, 0) is 0 Å². The van der Waals surface area contributed by atoms with Crippen molar-refractivity contribution in [2.24, 2.45) is 0 Å². The third-order valence-corrected chi connectivity index (χ3v) is 7.13. The first-order valence-corrected chi connectivity index (χ1v) is 12.3. The van der Waals surface area contributed by atoms with Crippen LogP contribution in [0.2, 0.25) is 10.0 Å². The molecular formula is C27H18Cl2FN3OS. The molecule has 0 aliphatic heterocycles. The van der Waals surface area contributed by atoms with Gasteiger partial charge in [0.1, 0.15) is 11.6 Å². The van der Waals surface area contributed by atoms with Crippen LogP contribution in [0.5, 0.6) is 5.75 Å². The molecular weight excluding hydrogens is 504 g/mol. The Morgan fingerprint density at radius 2 is 1.40 bits per heavy atom. The minimum Gasteiger partial charge on any atom is -0.508 e. The number of nitrogens with zero attached hydrogens (tertiary/aromatic N) is 3. The highest BCUT2D eigenvalue weighted by Gasteiger charge is 2.23. The fourth-order valence-corrected chi connectivity index (χ4v) is 5.17. The van der Waals surface area contributed by atoms with Gasteiger partial charge in [-0.05, 0) is 59.7 Å². The summed E-state index contributed by atoms with van der Waals surface area (Å²) in [6, 6.07) is 28.2. The predicted octanol–water partition coefficient (Wildman–Crippen LogP) is 7.97. The van der Waals surface area contributed by atoms with E-state index in [1.54, 1.807) is 30.3 Å². The summed E-state index contributed by atoms with van der Waals surface area (Å²) in [4.78, 5) is 0. The van der Waals surface area contributed by atoms with E-state index in [4.69, 9.17) is 23.2 Å².